The molecule has 0 spiro atoms. The Morgan fingerprint density at radius 2 is 1.59 bits per heavy atom. The van der Waals surface area contributed by atoms with E-state index in [0.29, 0.717) is 31.5 Å². The second-order valence-corrected chi connectivity index (χ2v) is 9.30. The van der Waals surface area contributed by atoms with Crippen LogP contribution in [-0.2, 0) is 25.5 Å². The highest BCUT2D eigenvalue weighted by molar-refractivity contribution is 5.86. The Hall–Kier alpha value is -2.12. The number of carbonyl (C=O) groups excluding carboxylic acids is 2. The van der Waals surface area contributed by atoms with Crippen LogP contribution < -0.4 is 4.90 Å². The number of hydrogen-bond donors (Lipinski definition) is 0. The lowest BCUT2D eigenvalue weighted by molar-refractivity contribution is -0.150. The summed E-state index contributed by atoms with van der Waals surface area (Å²) in [6, 6.07) is 8.64. The summed E-state index contributed by atoms with van der Waals surface area (Å²) in [5, 5.41) is 0. The van der Waals surface area contributed by atoms with Crippen LogP contribution in [0.25, 0.3) is 0 Å². The second-order valence-electron chi connectivity index (χ2n) is 9.30. The zero-order valence-electron chi connectivity index (χ0n) is 19.5. The first-order valence-corrected chi connectivity index (χ1v) is 12.1. The van der Waals surface area contributed by atoms with Gasteiger partial charge in [0.2, 0.25) is 5.91 Å². The smallest absolute Gasteiger partial charge is 0.328 e. The Balaban J connectivity index is 1.26. The molecule has 7 heteroatoms. The van der Waals surface area contributed by atoms with Crippen molar-refractivity contribution in [1.82, 2.24) is 9.80 Å². The fourth-order valence-electron chi connectivity index (χ4n) is 5.51. The quantitative estimate of drug-likeness (QED) is 0.630. The van der Waals surface area contributed by atoms with Gasteiger partial charge in [-0.1, -0.05) is 12.1 Å². The zero-order valence-corrected chi connectivity index (χ0v) is 19.5. The zero-order chi connectivity index (χ0) is 22.5. The van der Waals surface area contributed by atoms with E-state index in [9.17, 15) is 9.59 Å². The average Bonchev–Trinajstić information content (AvgIpc) is 3.34. The molecule has 0 N–H and O–H groups in total. The molecule has 3 saturated heterocycles. The monoisotopic (exact) mass is 443 g/mol. The molecule has 1 atom stereocenters. The summed E-state index contributed by atoms with van der Waals surface area (Å²) in [6.07, 6.45) is 7.00. The highest BCUT2D eigenvalue weighted by Crippen LogP contribution is 2.26. The number of esters is 1. The van der Waals surface area contributed by atoms with Gasteiger partial charge in [0, 0.05) is 51.6 Å². The largest absolute Gasteiger partial charge is 0.467 e. The third-order valence-electron chi connectivity index (χ3n) is 7.49. The minimum absolute atomic E-state index is 0.00343. The van der Waals surface area contributed by atoms with E-state index in [1.165, 1.54) is 25.6 Å². The lowest BCUT2D eigenvalue weighted by Crippen LogP contribution is -2.48. The van der Waals surface area contributed by atoms with Gasteiger partial charge in [-0.25, -0.2) is 4.79 Å². The molecule has 0 unspecified atom stereocenters. The maximum absolute atomic E-state index is 12.8. The van der Waals surface area contributed by atoms with Gasteiger partial charge in [0.25, 0.3) is 0 Å². The predicted octanol–water partition coefficient (Wildman–Crippen LogP) is 2.47. The maximum atomic E-state index is 12.8. The number of likely N-dealkylation sites (tertiary alicyclic amines) is 2. The predicted molar refractivity (Wildman–Crippen MR) is 124 cm³/mol. The number of ether oxygens (including phenoxy) is 2. The molecule has 3 aliphatic rings. The normalized spacial score (nSPS) is 23.5. The molecule has 176 valence electrons. The lowest BCUT2D eigenvalue weighted by Gasteiger charge is -2.42. The molecule has 7 nitrogen and oxygen atoms in total. The Kier molecular flexibility index (Phi) is 7.68. The molecule has 0 radical (unpaired) electrons. The number of piperidine rings is 2. The summed E-state index contributed by atoms with van der Waals surface area (Å²) in [5.41, 5.74) is 2.22. The Morgan fingerprint density at radius 1 is 0.906 bits per heavy atom. The SMILES string of the molecule is COC(=O)[C@@H]1CCCN1C(=O)Cc1ccc(N2CCC(N3CCC(OC)CC3)CC2)cc1. The molecule has 1 aromatic rings. The number of benzene rings is 1. The Morgan fingerprint density at radius 3 is 2.22 bits per heavy atom. The molecule has 3 heterocycles. The molecule has 3 aliphatic heterocycles. The van der Waals surface area contributed by atoms with Crippen molar-refractivity contribution in [1.29, 1.82) is 0 Å². The molecule has 0 aliphatic carbocycles. The third-order valence-corrected chi connectivity index (χ3v) is 7.49. The number of amides is 1. The second kappa shape index (κ2) is 10.7. The molecule has 0 aromatic heterocycles. The number of rotatable bonds is 6. The summed E-state index contributed by atoms with van der Waals surface area (Å²) >= 11 is 0. The fourth-order valence-corrected chi connectivity index (χ4v) is 5.51. The van der Waals surface area contributed by atoms with Gasteiger partial charge >= 0.3 is 5.97 Å². The fraction of sp³-hybridized carbons (Fsp3) is 0.680. The van der Waals surface area contributed by atoms with Crippen LogP contribution in [0.1, 0.15) is 44.1 Å². The molecular formula is C25H37N3O4. The van der Waals surface area contributed by atoms with Gasteiger partial charge in [-0.3, -0.25) is 4.79 Å². The van der Waals surface area contributed by atoms with Crippen LogP contribution in [0.4, 0.5) is 5.69 Å². The van der Waals surface area contributed by atoms with Crippen molar-refractivity contribution >= 4 is 17.6 Å². The van der Waals surface area contributed by atoms with Crippen molar-refractivity contribution in [2.75, 3.05) is 51.8 Å². The molecule has 1 amide bonds. The van der Waals surface area contributed by atoms with E-state index >= 15 is 0 Å². The minimum Gasteiger partial charge on any atom is -0.467 e. The summed E-state index contributed by atoms with van der Waals surface area (Å²) in [4.78, 5) is 31.5. The molecule has 0 saturated carbocycles. The number of carbonyl (C=O) groups is 2. The van der Waals surface area contributed by atoms with Gasteiger partial charge in [-0.15, -0.1) is 0 Å². The van der Waals surface area contributed by atoms with Crippen LogP contribution in [0, 0.1) is 0 Å². The van der Waals surface area contributed by atoms with Gasteiger partial charge in [0.15, 0.2) is 0 Å². The van der Waals surface area contributed by atoms with Crippen LogP contribution in [0.15, 0.2) is 24.3 Å². The van der Waals surface area contributed by atoms with Gasteiger partial charge in [0.1, 0.15) is 6.04 Å². The van der Waals surface area contributed by atoms with Crippen molar-refractivity contribution in [3.05, 3.63) is 29.8 Å². The van der Waals surface area contributed by atoms with E-state index in [1.807, 2.05) is 7.11 Å². The summed E-state index contributed by atoms with van der Waals surface area (Å²) < 4.78 is 10.4. The lowest BCUT2D eigenvalue weighted by atomic mass is 9.98. The first-order valence-electron chi connectivity index (χ1n) is 12.1. The van der Waals surface area contributed by atoms with E-state index in [4.69, 9.17) is 9.47 Å². The van der Waals surface area contributed by atoms with Crippen LogP contribution in [0.2, 0.25) is 0 Å². The third kappa shape index (κ3) is 5.26. The average molecular weight is 444 g/mol. The van der Waals surface area contributed by atoms with Gasteiger partial charge in [0.05, 0.1) is 19.6 Å². The maximum Gasteiger partial charge on any atom is 0.328 e. The van der Waals surface area contributed by atoms with Crippen molar-refractivity contribution < 1.29 is 19.1 Å². The molecule has 0 bridgehead atoms. The Bertz CT molecular complexity index is 768. The molecule has 32 heavy (non-hydrogen) atoms. The highest BCUT2D eigenvalue weighted by atomic mass is 16.5. The van der Waals surface area contributed by atoms with E-state index in [0.717, 1.165) is 51.0 Å². The minimum atomic E-state index is -0.423. The summed E-state index contributed by atoms with van der Waals surface area (Å²) in [6.45, 7) is 5.08. The van der Waals surface area contributed by atoms with E-state index in [-0.39, 0.29) is 11.9 Å². The highest BCUT2D eigenvalue weighted by Gasteiger charge is 2.34. The van der Waals surface area contributed by atoms with Gasteiger partial charge in [-0.05, 0) is 56.2 Å². The summed E-state index contributed by atoms with van der Waals surface area (Å²) in [5.74, 6) is -0.304. The molecular weight excluding hydrogens is 406 g/mol. The first-order chi connectivity index (χ1) is 15.6. The van der Waals surface area contributed by atoms with Crippen molar-refractivity contribution in [2.45, 2.75) is 63.1 Å². The van der Waals surface area contributed by atoms with Crippen LogP contribution in [0.5, 0.6) is 0 Å². The van der Waals surface area contributed by atoms with Crippen molar-refractivity contribution in [2.24, 2.45) is 0 Å². The first kappa shape index (κ1) is 23.1. The molecule has 1 aromatic carbocycles. The van der Waals surface area contributed by atoms with E-state index < -0.39 is 6.04 Å². The topological polar surface area (TPSA) is 62.3 Å². The van der Waals surface area contributed by atoms with E-state index in [2.05, 4.69) is 34.1 Å². The van der Waals surface area contributed by atoms with Crippen LogP contribution in [-0.4, -0.2) is 86.8 Å². The van der Waals surface area contributed by atoms with Crippen molar-refractivity contribution in [3.63, 3.8) is 0 Å². The van der Waals surface area contributed by atoms with E-state index in [1.54, 1.807) is 4.90 Å². The van der Waals surface area contributed by atoms with Crippen LogP contribution >= 0.6 is 0 Å². The number of methoxy groups -OCH3 is 2. The van der Waals surface area contributed by atoms with Crippen LogP contribution in [0.3, 0.4) is 0 Å². The summed E-state index contributed by atoms with van der Waals surface area (Å²) in [7, 11) is 3.21. The van der Waals surface area contributed by atoms with Crippen molar-refractivity contribution in [3.8, 4) is 0 Å². The number of anilines is 1. The number of nitrogens with zero attached hydrogens (tertiary/aromatic N) is 3. The van der Waals surface area contributed by atoms with Gasteiger partial charge in [-0.2, -0.15) is 0 Å². The molecule has 3 fully saturated rings. The standard InChI is InChI=1S/C25H37N3O4/c1-31-22-11-16-27(17-12-22)21-9-14-26(15-10-21)20-7-5-19(6-8-20)18-24(29)28-13-3-4-23(28)25(30)32-2/h5-8,21-23H,3-4,9-18H2,1-2H3/t23-/m0/s1. The van der Waals surface area contributed by atoms with Gasteiger partial charge < -0.3 is 24.2 Å². The Labute approximate surface area is 191 Å². The number of hydrogen-bond acceptors (Lipinski definition) is 6. The molecule has 4 rings (SSSR count).